The van der Waals surface area contributed by atoms with Gasteiger partial charge in [0.1, 0.15) is 12.4 Å². The molecule has 4 aromatic rings. The zero-order valence-corrected chi connectivity index (χ0v) is 18.4. The Morgan fingerprint density at radius 2 is 1.83 bits per heavy atom. The van der Waals surface area contributed by atoms with Crippen LogP contribution in [0.25, 0.3) is 10.8 Å². The van der Waals surface area contributed by atoms with Gasteiger partial charge in [-0.15, -0.1) is 10.2 Å². The molecule has 0 bridgehead atoms. The number of hydrogen-bond acceptors (Lipinski definition) is 4. The lowest BCUT2D eigenvalue weighted by molar-refractivity contribution is 0.289. The van der Waals surface area contributed by atoms with Gasteiger partial charge in [-0.25, -0.2) is 0 Å². The summed E-state index contributed by atoms with van der Waals surface area (Å²) in [6.07, 6.45) is 0. The molecule has 0 N–H and O–H groups in total. The molecule has 0 aliphatic carbocycles. The quantitative estimate of drug-likeness (QED) is 0.320. The van der Waals surface area contributed by atoms with Crippen molar-refractivity contribution in [1.29, 1.82) is 0 Å². The predicted octanol–water partition coefficient (Wildman–Crippen LogP) is 6.45. The Hall–Kier alpha value is -2.21. The Morgan fingerprint density at radius 1 is 1.00 bits per heavy atom. The zero-order valence-electron chi connectivity index (χ0n) is 16.0. The third-order valence-corrected chi connectivity index (χ3v) is 6.61. The molecule has 0 spiro atoms. The van der Waals surface area contributed by atoms with Crippen molar-refractivity contribution >= 4 is 45.7 Å². The van der Waals surface area contributed by atoms with Crippen LogP contribution in [0.3, 0.4) is 0 Å². The van der Waals surface area contributed by atoms with Gasteiger partial charge in [-0.3, -0.25) is 0 Å². The number of halogens is 2. The van der Waals surface area contributed by atoms with Gasteiger partial charge in [0.05, 0.1) is 10.0 Å². The molecule has 148 valence electrons. The number of aryl methyl sites for hydroxylation is 1. The van der Waals surface area contributed by atoms with Gasteiger partial charge >= 0.3 is 0 Å². The molecule has 0 saturated heterocycles. The van der Waals surface area contributed by atoms with E-state index >= 15 is 0 Å². The molecule has 0 saturated carbocycles. The lowest BCUT2D eigenvalue weighted by Gasteiger charge is -2.11. The second-order valence-corrected chi connectivity index (χ2v) is 8.45. The van der Waals surface area contributed by atoms with Gasteiger partial charge in [-0.1, -0.05) is 71.4 Å². The SMILES string of the molecule is Cc1c(OCc2nnc(SCc3ccc(Cl)c(Cl)c3)n2C)ccc2ccccc12. The highest BCUT2D eigenvalue weighted by atomic mass is 35.5. The largest absolute Gasteiger partial charge is 0.485 e. The van der Waals surface area contributed by atoms with E-state index in [0.717, 1.165) is 33.6 Å². The van der Waals surface area contributed by atoms with Crippen molar-refractivity contribution < 1.29 is 4.74 Å². The first-order chi connectivity index (χ1) is 14.0. The number of thioether (sulfide) groups is 1. The molecular formula is C22H19Cl2N3OS. The van der Waals surface area contributed by atoms with Crippen LogP contribution in [0.1, 0.15) is 17.0 Å². The molecule has 3 aromatic carbocycles. The predicted molar refractivity (Wildman–Crippen MR) is 120 cm³/mol. The minimum atomic E-state index is 0.357. The van der Waals surface area contributed by atoms with Crippen LogP contribution in [0.2, 0.25) is 10.0 Å². The summed E-state index contributed by atoms with van der Waals surface area (Å²) in [6.45, 7) is 2.43. The Morgan fingerprint density at radius 3 is 2.66 bits per heavy atom. The van der Waals surface area contributed by atoms with Crippen LogP contribution in [-0.2, 0) is 19.4 Å². The van der Waals surface area contributed by atoms with Gasteiger partial charge in [0, 0.05) is 12.8 Å². The molecule has 4 rings (SSSR count). The number of aromatic nitrogens is 3. The number of rotatable bonds is 6. The number of fused-ring (bicyclic) bond motifs is 1. The molecule has 0 fully saturated rings. The average Bonchev–Trinajstić information content (AvgIpc) is 3.08. The van der Waals surface area contributed by atoms with Gasteiger partial charge in [0.2, 0.25) is 0 Å². The van der Waals surface area contributed by atoms with Crippen LogP contribution in [0.4, 0.5) is 0 Å². The third-order valence-electron chi connectivity index (χ3n) is 4.78. The van der Waals surface area contributed by atoms with Crippen LogP contribution >= 0.6 is 35.0 Å². The summed E-state index contributed by atoms with van der Waals surface area (Å²) in [5.74, 6) is 2.36. The second-order valence-electron chi connectivity index (χ2n) is 6.69. The van der Waals surface area contributed by atoms with Crippen molar-refractivity contribution in [2.45, 2.75) is 24.4 Å². The minimum absolute atomic E-state index is 0.357. The topological polar surface area (TPSA) is 39.9 Å². The smallest absolute Gasteiger partial charge is 0.191 e. The van der Waals surface area contributed by atoms with E-state index in [1.165, 1.54) is 10.8 Å². The van der Waals surface area contributed by atoms with Gasteiger partial charge in [-0.2, -0.15) is 0 Å². The first kappa shape index (κ1) is 20.1. The van der Waals surface area contributed by atoms with Crippen LogP contribution in [-0.4, -0.2) is 14.8 Å². The number of ether oxygens (including phenoxy) is 1. The van der Waals surface area contributed by atoms with Crippen LogP contribution in [0.5, 0.6) is 5.75 Å². The maximum absolute atomic E-state index is 6.09. The van der Waals surface area contributed by atoms with Crippen molar-refractivity contribution in [2.75, 3.05) is 0 Å². The Balaban J connectivity index is 1.43. The fraction of sp³-hybridized carbons (Fsp3) is 0.182. The van der Waals surface area contributed by atoms with E-state index in [2.05, 4.69) is 35.3 Å². The number of benzene rings is 3. The van der Waals surface area contributed by atoms with Crippen molar-refractivity contribution in [3.63, 3.8) is 0 Å². The van der Waals surface area contributed by atoms with E-state index in [-0.39, 0.29) is 0 Å². The third kappa shape index (κ3) is 4.37. The highest BCUT2D eigenvalue weighted by molar-refractivity contribution is 7.98. The molecule has 0 unspecified atom stereocenters. The van der Waals surface area contributed by atoms with Gasteiger partial charge in [0.15, 0.2) is 11.0 Å². The highest BCUT2D eigenvalue weighted by Gasteiger charge is 2.12. The summed E-state index contributed by atoms with van der Waals surface area (Å²) in [6, 6.07) is 18.0. The molecule has 4 nitrogen and oxygen atoms in total. The van der Waals surface area contributed by atoms with Crippen molar-refractivity contribution in [2.24, 2.45) is 7.05 Å². The number of hydrogen-bond donors (Lipinski definition) is 0. The maximum Gasteiger partial charge on any atom is 0.191 e. The highest BCUT2D eigenvalue weighted by Crippen LogP contribution is 2.29. The molecule has 29 heavy (non-hydrogen) atoms. The summed E-state index contributed by atoms with van der Waals surface area (Å²) in [5, 5.41) is 12.9. The van der Waals surface area contributed by atoms with E-state index in [1.54, 1.807) is 11.8 Å². The zero-order chi connectivity index (χ0) is 20.4. The standard InChI is InChI=1S/C22H19Cl2N3OS/c1-14-17-6-4-3-5-16(17)8-10-20(14)28-12-21-25-26-22(27(21)2)29-13-15-7-9-18(23)19(24)11-15/h3-11H,12-13H2,1-2H3. The first-order valence-electron chi connectivity index (χ1n) is 9.09. The Bertz CT molecular complexity index is 1180. The summed E-state index contributed by atoms with van der Waals surface area (Å²) >= 11 is 13.7. The molecule has 0 atom stereocenters. The van der Waals surface area contributed by atoms with Crippen molar-refractivity contribution in [3.8, 4) is 5.75 Å². The van der Waals surface area contributed by atoms with E-state index in [9.17, 15) is 0 Å². The second kappa shape index (κ2) is 8.66. The van der Waals surface area contributed by atoms with E-state index in [1.807, 2.05) is 48.0 Å². The lowest BCUT2D eigenvalue weighted by atomic mass is 10.0. The summed E-state index contributed by atoms with van der Waals surface area (Å²) in [7, 11) is 1.95. The molecule has 1 aromatic heterocycles. The van der Waals surface area contributed by atoms with Crippen LogP contribution in [0.15, 0.2) is 59.8 Å². The fourth-order valence-corrected chi connectivity index (χ4v) is 4.27. The van der Waals surface area contributed by atoms with Gasteiger partial charge in [-0.05, 0) is 47.0 Å². The maximum atomic E-state index is 6.09. The normalized spacial score (nSPS) is 11.2. The van der Waals surface area contributed by atoms with Gasteiger partial charge < -0.3 is 9.30 Å². The van der Waals surface area contributed by atoms with E-state index < -0.39 is 0 Å². The van der Waals surface area contributed by atoms with Crippen molar-refractivity contribution in [3.05, 3.63) is 81.6 Å². The molecule has 0 radical (unpaired) electrons. The molecule has 0 amide bonds. The first-order valence-corrected chi connectivity index (χ1v) is 10.8. The lowest BCUT2D eigenvalue weighted by Crippen LogP contribution is -2.05. The molecular weight excluding hydrogens is 425 g/mol. The monoisotopic (exact) mass is 443 g/mol. The number of nitrogens with zero attached hydrogens (tertiary/aromatic N) is 3. The average molecular weight is 444 g/mol. The molecule has 0 aliphatic heterocycles. The molecule has 7 heteroatoms. The minimum Gasteiger partial charge on any atom is -0.485 e. The van der Waals surface area contributed by atoms with Crippen LogP contribution < -0.4 is 4.74 Å². The van der Waals surface area contributed by atoms with E-state index in [0.29, 0.717) is 16.7 Å². The van der Waals surface area contributed by atoms with E-state index in [4.69, 9.17) is 27.9 Å². The summed E-state index contributed by atoms with van der Waals surface area (Å²) in [4.78, 5) is 0. The molecule has 0 aliphatic rings. The fourth-order valence-electron chi connectivity index (χ4n) is 3.08. The Labute approximate surface area is 183 Å². The van der Waals surface area contributed by atoms with Crippen molar-refractivity contribution in [1.82, 2.24) is 14.8 Å². The summed E-state index contributed by atoms with van der Waals surface area (Å²) in [5.41, 5.74) is 2.21. The van der Waals surface area contributed by atoms with Gasteiger partial charge in [0.25, 0.3) is 0 Å². The summed E-state index contributed by atoms with van der Waals surface area (Å²) < 4.78 is 8.01. The Kier molecular flexibility index (Phi) is 5.99. The molecule has 1 heterocycles. The van der Waals surface area contributed by atoms with Crippen LogP contribution in [0, 0.1) is 6.92 Å².